The summed E-state index contributed by atoms with van der Waals surface area (Å²) in [6, 6.07) is 8.69. The molecule has 5 nitrogen and oxygen atoms in total. The van der Waals surface area contributed by atoms with Gasteiger partial charge in [-0.25, -0.2) is 8.42 Å². The zero-order valence-electron chi connectivity index (χ0n) is 14.0. The maximum absolute atomic E-state index is 11.1. The van der Waals surface area contributed by atoms with Crippen molar-refractivity contribution in [3.05, 3.63) is 29.8 Å². The molecule has 0 spiro atoms. The normalized spacial score (nSPS) is 18.1. The number of sulfone groups is 1. The number of hydrogen-bond acceptors (Lipinski definition) is 5. The van der Waals surface area contributed by atoms with E-state index in [-0.39, 0.29) is 17.9 Å². The maximum Gasteiger partial charge on any atom is 0.147 e. The van der Waals surface area contributed by atoms with E-state index in [1.54, 1.807) is 0 Å². The number of rotatable bonds is 7. The Labute approximate surface area is 139 Å². The molecular formula is C17H28N2O3S. The van der Waals surface area contributed by atoms with E-state index in [1.165, 1.54) is 17.5 Å². The van der Waals surface area contributed by atoms with Crippen molar-refractivity contribution in [2.75, 3.05) is 36.5 Å². The fourth-order valence-corrected chi connectivity index (χ4v) is 3.54. The minimum absolute atomic E-state index is 0.151. The average Bonchev–Trinajstić information content (AvgIpc) is 2.51. The highest BCUT2D eigenvalue weighted by Crippen LogP contribution is 2.22. The molecular weight excluding hydrogens is 312 g/mol. The third kappa shape index (κ3) is 6.12. The molecule has 130 valence electrons. The number of aliphatic hydroxyl groups excluding tert-OH is 1. The van der Waals surface area contributed by atoms with Crippen LogP contribution in [0.3, 0.4) is 0 Å². The largest absolute Gasteiger partial charge is 0.393 e. The number of nitrogens with zero attached hydrogens (tertiary/aromatic N) is 1. The first-order valence-corrected chi connectivity index (χ1v) is 10.4. The lowest BCUT2D eigenvalue weighted by atomic mass is 10.0. The van der Waals surface area contributed by atoms with Crippen molar-refractivity contribution in [1.82, 2.24) is 5.32 Å². The van der Waals surface area contributed by atoms with Gasteiger partial charge in [-0.15, -0.1) is 0 Å². The van der Waals surface area contributed by atoms with E-state index in [0.29, 0.717) is 13.0 Å². The maximum atomic E-state index is 11.1. The van der Waals surface area contributed by atoms with Gasteiger partial charge in [0.1, 0.15) is 9.84 Å². The van der Waals surface area contributed by atoms with Crippen LogP contribution in [0.1, 0.15) is 37.8 Å². The van der Waals surface area contributed by atoms with Gasteiger partial charge >= 0.3 is 0 Å². The van der Waals surface area contributed by atoms with Crippen LogP contribution in [-0.2, 0) is 9.84 Å². The fourth-order valence-electron chi connectivity index (χ4n) is 2.87. The summed E-state index contributed by atoms with van der Waals surface area (Å²) in [7, 11) is -2.87. The Hall–Kier alpha value is -1.11. The Balaban J connectivity index is 1.81. The fraction of sp³-hybridized carbons (Fsp3) is 0.647. The molecule has 0 aromatic heterocycles. The Bertz CT molecular complexity index is 578. The Kier molecular flexibility index (Phi) is 6.44. The van der Waals surface area contributed by atoms with Gasteiger partial charge in [-0.05, 0) is 50.4 Å². The van der Waals surface area contributed by atoms with Crippen LogP contribution >= 0.6 is 0 Å². The molecule has 0 amide bonds. The first-order chi connectivity index (χ1) is 10.8. The van der Waals surface area contributed by atoms with E-state index in [1.807, 2.05) is 0 Å². The van der Waals surface area contributed by atoms with Crippen molar-refractivity contribution in [2.24, 2.45) is 0 Å². The Morgan fingerprint density at radius 2 is 1.87 bits per heavy atom. The van der Waals surface area contributed by atoms with E-state index in [0.717, 1.165) is 25.9 Å². The summed E-state index contributed by atoms with van der Waals surface area (Å²) in [6.07, 6.45) is 3.42. The second-order valence-electron chi connectivity index (χ2n) is 6.47. The highest BCUT2D eigenvalue weighted by atomic mass is 32.2. The van der Waals surface area contributed by atoms with Gasteiger partial charge in [0.05, 0.1) is 11.9 Å². The van der Waals surface area contributed by atoms with E-state index in [9.17, 15) is 13.5 Å². The zero-order chi connectivity index (χ0) is 16.9. The molecule has 1 unspecified atom stereocenters. The van der Waals surface area contributed by atoms with Crippen LogP contribution < -0.4 is 10.2 Å². The number of hydrogen-bond donors (Lipinski definition) is 2. The third-order valence-electron chi connectivity index (χ3n) is 4.37. The molecule has 1 saturated heterocycles. The van der Waals surface area contributed by atoms with Crippen LogP contribution in [0.4, 0.5) is 5.69 Å². The molecule has 0 radical (unpaired) electrons. The van der Waals surface area contributed by atoms with Crippen molar-refractivity contribution in [3.8, 4) is 0 Å². The molecule has 1 aromatic carbocycles. The molecule has 1 aliphatic rings. The predicted octanol–water partition coefficient (Wildman–Crippen LogP) is 1.73. The highest BCUT2D eigenvalue weighted by molar-refractivity contribution is 7.90. The first-order valence-electron chi connectivity index (χ1n) is 8.29. The van der Waals surface area contributed by atoms with Crippen molar-refractivity contribution >= 4 is 15.5 Å². The molecule has 6 heteroatoms. The summed E-state index contributed by atoms with van der Waals surface area (Å²) in [4.78, 5) is 2.31. The molecule has 2 N–H and O–H groups in total. The van der Waals surface area contributed by atoms with Crippen molar-refractivity contribution in [3.63, 3.8) is 0 Å². The SMILES string of the molecule is CC(NCCCS(C)(=O)=O)c1ccc(N2CCC(O)CC2)cc1. The lowest BCUT2D eigenvalue weighted by molar-refractivity contribution is 0.145. The predicted molar refractivity (Wildman–Crippen MR) is 94.6 cm³/mol. The van der Waals surface area contributed by atoms with Gasteiger partial charge < -0.3 is 15.3 Å². The van der Waals surface area contributed by atoms with Gasteiger partial charge in [0, 0.05) is 31.1 Å². The molecule has 0 saturated carbocycles. The van der Waals surface area contributed by atoms with Crippen LogP contribution in [0.2, 0.25) is 0 Å². The summed E-state index contributed by atoms with van der Waals surface area (Å²) in [6.45, 7) is 4.59. The summed E-state index contributed by atoms with van der Waals surface area (Å²) in [5, 5.41) is 12.9. The van der Waals surface area contributed by atoms with Crippen molar-refractivity contribution < 1.29 is 13.5 Å². The number of aliphatic hydroxyl groups is 1. The third-order valence-corrected chi connectivity index (χ3v) is 5.40. The lowest BCUT2D eigenvalue weighted by Gasteiger charge is -2.31. The molecule has 0 aliphatic carbocycles. The Morgan fingerprint density at radius 1 is 1.26 bits per heavy atom. The number of nitrogens with one attached hydrogen (secondary N) is 1. The molecule has 0 bridgehead atoms. The van der Waals surface area contributed by atoms with Gasteiger partial charge in [0.15, 0.2) is 0 Å². The summed E-state index contributed by atoms with van der Waals surface area (Å²) >= 11 is 0. The van der Waals surface area contributed by atoms with E-state index in [4.69, 9.17) is 0 Å². The van der Waals surface area contributed by atoms with Crippen molar-refractivity contribution in [1.29, 1.82) is 0 Å². The first kappa shape index (κ1) is 18.2. The lowest BCUT2D eigenvalue weighted by Crippen LogP contribution is -2.35. The van der Waals surface area contributed by atoms with Gasteiger partial charge in [-0.3, -0.25) is 0 Å². The molecule has 23 heavy (non-hydrogen) atoms. The second-order valence-corrected chi connectivity index (χ2v) is 8.73. The summed E-state index contributed by atoms with van der Waals surface area (Å²) in [5.41, 5.74) is 2.40. The average molecular weight is 340 g/mol. The van der Waals surface area contributed by atoms with Crippen LogP contribution in [-0.4, -0.2) is 51.3 Å². The van der Waals surface area contributed by atoms with E-state index >= 15 is 0 Å². The molecule has 1 aliphatic heterocycles. The van der Waals surface area contributed by atoms with Crippen molar-refractivity contribution in [2.45, 2.75) is 38.3 Å². The number of piperidine rings is 1. The van der Waals surface area contributed by atoms with Crippen LogP contribution in [0.25, 0.3) is 0 Å². The van der Waals surface area contributed by atoms with E-state index < -0.39 is 9.84 Å². The topological polar surface area (TPSA) is 69.6 Å². The van der Waals surface area contributed by atoms with Gasteiger partial charge in [0.25, 0.3) is 0 Å². The van der Waals surface area contributed by atoms with Gasteiger partial charge in [-0.2, -0.15) is 0 Å². The van der Waals surface area contributed by atoms with E-state index in [2.05, 4.69) is 41.4 Å². The smallest absolute Gasteiger partial charge is 0.147 e. The molecule has 1 fully saturated rings. The quantitative estimate of drug-likeness (QED) is 0.740. The minimum atomic E-state index is -2.87. The van der Waals surface area contributed by atoms with Gasteiger partial charge in [0.2, 0.25) is 0 Å². The van der Waals surface area contributed by atoms with Crippen LogP contribution in [0, 0.1) is 0 Å². The van der Waals surface area contributed by atoms with Crippen LogP contribution in [0.15, 0.2) is 24.3 Å². The monoisotopic (exact) mass is 340 g/mol. The molecule has 1 aromatic rings. The summed E-state index contributed by atoms with van der Waals surface area (Å²) < 4.78 is 22.2. The molecule has 1 atom stereocenters. The number of benzene rings is 1. The van der Waals surface area contributed by atoms with Crippen LogP contribution in [0.5, 0.6) is 0 Å². The number of anilines is 1. The molecule has 2 rings (SSSR count). The second kappa shape index (κ2) is 8.13. The highest BCUT2D eigenvalue weighted by Gasteiger charge is 2.17. The summed E-state index contributed by atoms with van der Waals surface area (Å²) in [5.74, 6) is 0.229. The Morgan fingerprint density at radius 3 is 2.43 bits per heavy atom. The standard InChI is InChI=1S/C17H28N2O3S/c1-14(18-10-3-13-23(2,21)22)15-4-6-16(7-5-15)19-11-8-17(20)9-12-19/h4-7,14,17-18,20H,3,8-13H2,1-2H3. The molecule has 1 heterocycles. The van der Waals surface area contributed by atoms with Gasteiger partial charge in [-0.1, -0.05) is 12.1 Å². The zero-order valence-corrected chi connectivity index (χ0v) is 14.8. The minimum Gasteiger partial charge on any atom is -0.393 e.